The summed E-state index contributed by atoms with van der Waals surface area (Å²) >= 11 is 1.46. The molecule has 0 bridgehead atoms. The number of benzene rings is 1. The molecule has 0 saturated carbocycles. The lowest BCUT2D eigenvalue weighted by Gasteiger charge is -2.32. The van der Waals surface area contributed by atoms with Crippen molar-refractivity contribution in [3.8, 4) is 6.07 Å². The predicted molar refractivity (Wildman–Crippen MR) is 79.5 cm³/mol. The van der Waals surface area contributed by atoms with E-state index in [2.05, 4.69) is 11.4 Å². The number of rotatable bonds is 4. The molecule has 1 aromatic carbocycles. The number of carboxylic acid groups (broad SMARTS) is 1. The van der Waals surface area contributed by atoms with E-state index in [1.807, 2.05) is 13.0 Å². The lowest BCUT2D eigenvalue weighted by atomic mass is 9.89. The number of nitriles is 1. The zero-order valence-corrected chi connectivity index (χ0v) is 12.4. The quantitative estimate of drug-likeness (QED) is 0.890. The van der Waals surface area contributed by atoms with E-state index in [0.717, 1.165) is 5.56 Å². The Hall–Kier alpha value is -2.00. The smallest absolute Gasteiger partial charge is 0.335 e. The van der Waals surface area contributed by atoms with Gasteiger partial charge < -0.3 is 10.4 Å². The van der Waals surface area contributed by atoms with Crippen LogP contribution in [0.25, 0.3) is 0 Å². The number of aromatic carboxylic acids is 1. The van der Waals surface area contributed by atoms with Crippen molar-refractivity contribution in [2.45, 2.75) is 24.5 Å². The number of nitrogens with one attached hydrogen (secondary N) is 1. The molecular formula is C15H16N2O3S. The zero-order valence-electron chi connectivity index (χ0n) is 11.6. The maximum absolute atomic E-state index is 11.6. The molecule has 5 nitrogen and oxygen atoms in total. The zero-order chi connectivity index (χ0) is 15.4. The molecule has 3 unspecified atom stereocenters. The van der Waals surface area contributed by atoms with Gasteiger partial charge in [0.1, 0.15) is 0 Å². The highest BCUT2D eigenvalue weighted by Gasteiger charge is 2.34. The number of hydrogen-bond acceptors (Lipinski definition) is 4. The highest BCUT2D eigenvalue weighted by atomic mass is 32.2. The van der Waals surface area contributed by atoms with Crippen LogP contribution in [0.2, 0.25) is 0 Å². The average molecular weight is 304 g/mol. The van der Waals surface area contributed by atoms with Crippen LogP contribution in [-0.2, 0) is 10.5 Å². The number of thioether (sulfide) groups is 1. The number of amides is 1. The first-order valence-electron chi connectivity index (χ1n) is 6.64. The Labute approximate surface area is 127 Å². The Morgan fingerprint density at radius 2 is 2.33 bits per heavy atom. The minimum atomic E-state index is -0.962. The van der Waals surface area contributed by atoms with E-state index >= 15 is 0 Å². The Morgan fingerprint density at radius 3 is 3.00 bits per heavy atom. The average Bonchev–Trinajstić information content (AvgIpc) is 2.45. The summed E-state index contributed by atoms with van der Waals surface area (Å²) in [6.45, 7) is 1.91. The predicted octanol–water partition coefficient (Wildman–Crippen LogP) is 2.24. The first-order chi connectivity index (χ1) is 10.0. The van der Waals surface area contributed by atoms with Crippen molar-refractivity contribution in [1.29, 1.82) is 5.26 Å². The van der Waals surface area contributed by atoms with Gasteiger partial charge in [0.05, 0.1) is 22.9 Å². The van der Waals surface area contributed by atoms with Crippen molar-refractivity contribution >= 4 is 23.6 Å². The van der Waals surface area contributed by atoms with Gasteiger partial charge in [-0.1, -0.05) is 19.1 Å². The largest absolute Gasteiger partial charge is 0.478 e. The van der Waals surface area contributed by atoms with Crippen LogP contribution in [0, 0.1) is 23.2 Å². The Morgan fingerprint density at radius 1 is 1.57 bits per heavy atom. The Bertz CT molecular complexity index is 597. The molecule has 1 aromatic rings. The molecule has 2 rings (SSSR count). The summed E-state index contributed by atoms with van der Waals surface area (Å²) < 4.78 is 0. The molecule has 6 heteroatoms. The van der Waals surface area contributed by atoms with E-state index in [-0.39, 0.29) is 28.7 Å². The molecule has 1 amide bonds. The van der Waals surface area contributed by atoms with Crippen molar-refractivity contribution in [3.05, 3.63) is 35.4 Å². The van der Waals surface area contributed by atoms with Crippen LogP contribution in [0.3, 0.4) is 0 Å². The number of hydrogen-bond donors (Lipinski definition) is 2. The molecular weight excluding hydrogens is 288 g/mol. The van der Waals surface area contributed by atoms with Crippen molar-refractivity contribution in [2.75, 3.05) is 0 Å². The van der Waals surface area contributed by atoms with Gasteiger partial charge in [0.15, 0.2) is 0 Å². The van der Waals surface area contributed by atoms with Crippen molar-refractivity contribution in [3.63, 3.8) is 0 Å². The van der Waals surface area contributed by atoms with Gasteiger partial charge in [-0.15, -0.1) is 11.8 Å². The molecule has 1 heterocycles. The number of nitrogens with zero attached hydrogens (tertiary/aromatic N) is 1. The molecule has 1 saturated heterocycles. The maximum atomic E-state index is 11.6. The summed E-state index contributed by atoms with van der Waals surface area (Å²) in [5.74, 6) is -0.638. The summed E-state index contributed by atoms with van der Waals surface area (Å²) in [5, 5.41) is 20.8. The van der Waals surface area contributed by atoms with E-state index in [1.54, 1.807) is 18.2 Å². The molecule has 21 heavy (non-hydrogen) atoms. The molecule has 1 fully saturated rings. The van der Waals surface area contributed by atoms with Crippen LogP contribution in [0.5, 0.6) is 0 Å². The van der Waals surface area contributed by atoms with Crippen LogP contribution in [-0.4, -0.2) is 22.4 Å². The van der Waals surface area contributed by atoms with Crippen molar-refractivity contribution in [1.82, 2.24) is 5.32 Å². The highest BCUT2D eigenvalue weighted by Crippen LogP contribution is 2.31. The second kappa shape index (κ2) is 6.64. The lowest BCUT2D eigenvalue weighted by molar-refractivity contribution is -0.124. The van der Waals surface area contributed by atoms with Crippen LogP contribution in [0.15, 0.2) is 24.3 Å². The van der Waals surface area contributed by atoms with Gasteiger partial charge in [0.25, 0.3) is 0 Å². The van der Waals surface area contributed by atoms with E-state index in [4.69, 9.17) is 5.11 Å². The molecule has 0 aromatic heterocycles. The molecule has 1 aliphatic heterocycles. The fourth-order valence-electron chi connectivity index (χ4n) is 2.35. The third-order valence-corrected chi connectivity index (χ3v) is 4.77. The lowest BCUT2D eigenvalue weighted by Crippen LogP contribution is -2.46. The molecule has 1 aliphatic rings. The molecule has 110 valence electrons. The number of carboxylic acids is 1. The van der Waals surface area contributed by atoms with Crippen molar-refractivity contribution in [2.24, 2.45) is 11.8 Å². The first kappa shape index (κ1) is 15.4. The standard InChI is InChI=1S/C15H16N2O3S/c1-9-5-13(18)17-14(12(9)7-16)21-8-10-3-2-4-11(6-10)15(19)20/h2-4,6,9,12,14H,5,8H2,1H3,(H,17,18)(H,19,20). The van der Waals surface area contributed by atoms with E-state index in [1.165, 1.54) is 11.8 Å². The van der Waals surface area contributed by atoms with Gasteiger partial charge in [-0.3, -0.25) is 4.79 Å². The highest BCUT2D eigenvalue weighted by molar-refractivity contribution is 7.99. The minimum Gasteiger partial charge on any atom is -0.478 e. The molecule has 0 aliphatic carbocycles. The first-order valence-corrected chi connectivity index (χ1v) is 7.69. The van der Waals surface area contributed by atoms with E-state index in [0.29, 0.717) is 12.2 Å². The van der Waals surface area contributed by atoms with E-state index < -0.39 is 5.97 Å². The molecule has 0 spiro atoms. The van der Waals surface area contributed by atoms with Crippen molar-refractivity contribution < 1.29 is 14.7 Å². The summed E-state index contributed by atoms with van der Waals surface area (Å²) in [6.07, 6.45) is 0.379. The summed E-state index contributed by atoms with van der Waals surface area (Å²) in [5.41, 5.74) is 1.11. The number of carbonyl (C=O) groups is 2. The third kappa shape index (κ3) is 3.76. The molecule has 2 N–H and O–H groups in total. The van der Waals surface area contributed by atoms with Gasteiger partial charge in [0, 0.05) is 12.2 Å². The summed E-state index contributed by atoms with van der Waals surface area (Å²) in [7, 11) is 0. The van der Waals surface area contributed by atoms with Gasteiger partial charge in [0.2, 0.25) is 5.91 Å². The monoisotopic (exact) mass is 304 g/mol. The topological polar surface area (TPSA) is 90.2 Å². The summed E-state index contributed by atoms with van der Waals surface area (Å²) in [4.78, 5) is 22.5. The number of carbonyl (C=O) groups excluding carboxylic acids is 1. The Kier molecular flexibility index (Phi) is 4.86. The van der Waals surface area contributed by atoms with Crippen LogP contribution in [0.4, 0.5) is 0 Å². The van der Waals surface area contributed by atoms with Gasteiger partial charge in [-0.25, -0.2) is 4.79 Å². The second-order valence-corrected chi connectivity index (χ2v) is 6.27. The van der Waals surface area contributed by atoms with Crippen LogP contribution >= 0.6 is 11.8 Å². The fraction of sp³-hybridized carbons (Fsp3) is 0.400. The minimum absolute atomic E-state index is 0.0339. The van der Waals surface area contributed by atoms with Crippen LogP contribution in [0.1, 0.15) is 29.3 Å². The Balaban J connectivity index is 2.04. The SMILES string of the molecule is CC1CC(=O)NC(SCc2cccc(C(=O)O)c2)C1C#N. The fourth-order valence-corrected chi connectivity index (χ4v) is 3.65. The third-order valence-electron chi connectivity index (χ3n) is 3.50. The normalized spacial score (nSPS) is 25.0. The van der Waals surface area contributed by atoms with Gasteiger partial charge in [-0.05, 0) is 23.6 Å². The van der Waals surface area contributed by atoms with Gasteiger partial charge in [-0.2, -0.15) is 5.26 Å². The maximum Gasteiger partial charge on any atom is 0.335 e. The second-order valence-electron chi connectivity index (χ2n) is 5.14. The van der Waals surface area contributed by atoms with Crippen LogP contribution < -0.4 is 5.32 Å². The number of piperidine rings is 1. The van der Waals surface area contributed by atoms with E-state index in [9.17, 15) is 14.9 Å². The van der Waals surface area contributed by atoms with Gasteiger partial charge >= 0.3 is 5.97 Å². The molecule has 0 radical (unpaired) electrons. The molecule has 3 atom stereocenters. The summed E-state index contributed by atoms with van der Waals surface area (Å²) in [6, 6.07) is 8.96.